The number of aromatic nitrogens is 2. The minimum atomic E-state index is 0.675. The van der Waals surface area contributed by atoms with Crippen molar-refractivity contribution in [1.82, 2.24) is 9.78 Å². The van der Waals surface area contributed by atoms with Gasteiger partial charge in [-0.3, -0.25) is 4.68 Å². The molecule has 0 fully saturated rings. The lowest BCUT2D eigenvalue weighted by atomic mass is 9.90. The van der Waals surface area contributed by atoms with Crippen molar-refractivity contribution in [1.29, 1.82) is 0 Å². The number of anilines is 1. The van der Waals surface area contributed by atoms with E-state index < -0.39 is 0 Å². The van der Waals surface area contributed by atoms with E-state index in [1.165, 1.54) is 23.2 Å². The minimum absolute atomic E-state index is 0.675. The molecule has 0 radical (unpaired) electrons. The zero-order valence-electron chi connectivity index (χ0n) is 10.8. The van der Waals surface area contributed by atoms with Crippen LogP contribution in [0.15, 0.2) is 36.7 Å². The highest BCUT2D eigenvalue weighted by atomic mass is 15.3. The standard InChI is InChI=1S/C15H19N3/c1-2-18-11-13(10-17-18)7-12-8-14-5-3-4-6-15(14)16-9-12/h3-6,10-12,16H,2,7-9H2,1H3. The quantitative estimate of drug-likeness (QED) is 0.895. The molecule has 1 aliphatic heterocycles. The molecule has 0 saturated carbocycles. The highest BCUT2D eigenvalue weighted by Gasteiger charge is 2.18. The van der Waals surface area contributed by atoms with E-state index in [-0.39, 0.29) is 0 Å². The first-order valence-electron chi connectivity index (χ1n) is 6.68. The Balaban J connectivity index is 1.69. The number of hydrogen-bond acceptors (Lipinski definition) is 2. The number of rotatable bonds is 3. The molecule has 3 rings (SSSR count). The van der Waals surface area contributed by atoms with Gasteiger partial charge < -0.3 is 5.32 Å². The molecule has 0 bridgehead atoms. The Morgan fingerprint density at radius 2 is 2.28 bits per heavy atom. The van der Waals surface area contributed by atoms with Gasteiger partial charge in [-0.2, -0.15) is 5.10 Å². The summed E-state index contributed by atoms with van der Waals surface area (Å²) >= 11 is 0. The van der Waals surface area contributed by atoms with E-state index in [4.69, 9.17) is 0 Å². The van der Waals surface area contributed by atoms with Crippen molar-refractivity contribution in [2.24, 2.45) is 5.92 Å². The first kappa shape index (κ1) is 11.3. The van der Waals surface area contributed by atoms with Crippen molar-refractivity contribution < 1.29 is 0 Å². The van der Waals surface area contributed by atoms with E-state index in [1.807, 2.05) is 10.9 Å². The molecule has 1 aromatic carbocycles. The van der Waals surface area contributed by atoms with Crippen molar-refractivity contribution in [3.63, 3.8) is 0 Å². The number of nitrogens with one attached hydrogen (secondary N) is 1. The summed E-state index contributed by atoms with van der Waals surface area (Å²) in [4.78, 5) is 0. The van der Waals surface area contributed by atoms with Crippen LogP contribution in [0.5, 0.6) is 0 Å². The smallest absolute Gasteiger partial charge is 0.0521 e. The molecule has 2 heterocycles. The maximum atomic E-state index is 4.34. The molecule has 1 atom stereocenters. The monoisotopic (exact) mass is 241 g/mol. The first-order valence-corrected chi connectivity index (χ1v) is 6.68. The van der Waals surface area contributed by atoms with Crippen molar-refractivity contribution >= 4 is 5.69 Å². The van der Waals surface area contributed by atoms with Crippen LogP contribution < -0.4 is 5.32 Å². The van der Waals surface area contributed by atoms with Crippen LogP contribution in [0.4, 0.5) is 5.69 Å². The van der Waals surface area contributed by atoms with Crippen LogP contribution in [0, 0.1) is 5.92 Å². The lowest BCUT2D eigenvalue weighted by molar-refractivity contribution is 0.535. The maximum absolute atomic E-state index is 4.34. The molecule has 1 unspecified atom stereocenters. The van der Waals surface area contributed by atoms with Crippen LogP contribution in [0.1, 0.15) is 18.1 Å². The van der Waals surface area contributed by atoms with Crippen molar-refractivity contribution in [2.75, 3.05) is 11.9 Å². The van der Waals surface area contributed by atoms with Gasteiger partial charge in [0.15, 0.2) is 0 Å². The summed E-state index contributed by atoms with van der Waals surface area (Å²) in [5, 5.41) is 7.87. The summed E-state index contributed by atoms with van der Waals surface area (Å²) in [5.74, 6) is 0.675. The predicted molar refractivity (Wildman–Crippen MR) is 73.7 cm³/mol. The predicted octanol–water partition coefficient (Wildman–Crippen LogP) is 2.73. The zero-order valence-corrected chi connectivity index (χ0v) is 10.8. The number of hydrogen-bond donors (Lipinski definition) is 1. The van der Waals surface area contributed by atoms with E-state index in [2.05, 4.69) is 47.8 Å². The number of aryl methyl sites for hydroxylation is 1. The average molecular weight is 241 g/mol. The summed E-state index contributed by atoms with van der Waals surface area (Å²) in [6, 6.07) is 8.61. The van der Waals surface area contributed by atoms with Gasteiger partial charge in [-0.1, -0.05) is 18.2 Å². The molecule has 0 aliphatic carbocycles. The number of para-hydroxylation sites is 1. The third-order valence-electron chi connectivity index (χ3n) is 3.64. The molecule has 0 spiro atoms. The molecule has 3 heteroatoms. The fourth-order valence-electron chi connectivity index (χ4n) is 2.67. The molecule has 94 valence electrons. The van der Waals surface area contributed by atoms with Gasteiger partial charge in [0.05, 0.1) is 6.20 Å². The molecule has 1 aromatic heterocycles. The molecule has 0 saturated heterocycles. The Kier molecular flexibility index (Phi) is 3.05. The third kappa shape index (κ3) is 2.26. The van der Waals surface area contributed by atoms with Gasteiger partial charge in [0.2, 0.25) is 0 Å². The zero-order chi connectivity index (χ0) is 12.4. The van der Waals surface area contributed by atoms with E-state index in [0.717, 1.165) is 19.5 Å². The molecule has 3 nitrogen and oxygen atoms in total. The number of benzene rings is 1. The summed E-state index contributed by atoms with van der Waals surface area (Å²) in [6.07, 6.45) is 6.45. The van der Waals surface area contributed by atoms with Crippen molar-refractivity contribution in [2.45, 2.75) is 26.3 Å². The molecular weight excluding hydrogens is 222 g/mol. The second-order valence-electron chi connectivity index (χ2n) is 5.02. The Morgan fingerprint density at radius 1 is 1.39 bits per heavy atom. The van der Waals surface area contributed by atoms with E-state index >= 15 is 0 Å². The summed E-state index contributed by atoms with van der Waals surface area (Å²) in [5.41, 5.74) is 4.10. The normalized spacial score (nSPS) is 18.2. The van der Waals surface area contributed by atoms with E-state index in [1.54, 1.807) is 0 Å². The molecule has 2 aromatic rings. The summed E-state index contributed by atoms with van der Waals surface area (Å²) in [6.45, 7) is 4.13. The number of fused-ring (bicyclic) bond motifs is 1. The van der Waals surface area contributed by atoms with Crippen LogP contribution in [0.3, 0.4) is 0 Å². The van der Waals surface area contributed by atoms with Crippen LogP contribution >= 0.6 is 0 Å². The Bertz CT molecular complexity index is 530. The van der Waals surface area contributed by atoms with Gasteiger partial charge in [-0.15, -0.1) is 0 Å². The van der Waals surface area contributed by atoms with Crippen LogP contribution in [-0.2, 0) is 19.4 Å². The fourth-order valence-corrected chi connectivity index (χ4v) is 2.67. The minimum Gasteiger partial charge on any atom is -0.385 e. The third-order valence-corrected chi connectivity index (χ3v) is 3.64. The van der Waals surface area contributed by atoms with E-state index in [9.17, 15) is 0 Å². The Morgan fingerprint density at radius 3 is 3.11 bits per heavy atom. The summed E-state index contributed by atoms with van der Waals surface area (Å²) in [7, 11) is 0. The SMILES string of the molecule is CCn1cc(CC2CNc3ccccc3C2)cn1. The van der Waals surface area contributed by atoms with Crippen LogP contribution in [-0.4, -0.2) is 16.3 Å². The molecule has 18 heavy (non-hydrogen) atoms. The Labute approximate surface area is 108 Å². The largest absolute Gasteiger partial charge is 0.385 e. The lowest BCUT2D eigenvalue weighted by Gasteiger charge is -2.25. The van der Waals surface area contributed by atoms with Gasteiger partial charge in [-0.05, 0) is 42.9 Å². The Hall–Kier alpha value is -1.77. The van der Waals surface area contributed by atoms with Crippen LogP contribution in [0.25, 0.3) is 0 Å². The topological polar surface area (TPSA) is 29.9 Å². The highest BCUT2D eigenvalue weighted by Crippen LogP contribution is 2.26. The molecule has 0 amide bonds. The van der Waals surface area contributed by atoms with Crippen molar-refractivity contribution in [3.05, 3.63) is 47.8 Å². The summed E-state index contributed by atoms with van der Waals surface area (Å²) < 4.78 is 2.00. The van der Waals surface area contributed by atoms with Gasteiger partial charge in [-0.25, -0.2) is 0 Å². The van der Waals surface area contributed by atoms with Gasteiger partial charge >= 0.3 is 0 Å². The maximum Gasteiger partial charge on any atom is 0.0521 e. The lowest BCUT2D eigenvalue weighted by Crippen LogP contribution is -2.24. The average Bonchev–Trinajstić information content (AvgIpc) is 2.86. The first-order chi connectivity index (χ1) is 8.85. The van der Waals surface area contributed by atoms with Gasteiger partial charge in [0.1, 0.15) is 0 Å². The van der Waals surface area contributed by atoms with Gasteiger partial charge in [0.25, 0.3) is 0 Å². The van der Waals surface area contributed by atoms with Crippen molar-refractivity contribution in [3.8, 4) is 0 Å². The van der Waals surface area contributed by atoms with E-state index in [0.29, 0.717) is 5.92 Å². The number of nitrogens with zero attached hydrogens (tertiary/aromatic N) is 2. The highest BCUT2D eigenvalue weighted by molar-refractivity contribution is 5.53. The second kappa shape index (κ2) is 4.84. The molecule has 1 aliphatic rings. The fraction of sp³-hybridized carbons (Fsp3) is 0.400. The molecular formula is C15H19N3. The van der Waals surface area contributed by atoms with Crippen LogP contribution in [0.2, 0.25) is 0 Å². The molecule has 1 N–H and O–H groups in total. The van der Waals surface area contributed by atoms with Gasteiger partial charge in [0, 0.05) is 25.0 Å². The second-order valence-corrected chi connectivity index (χ2v) is 5.02.